The summed E-state index contributed by atoms with van der Waals surface area (Å²) in [5.41, 5.74) is 2.59. The van der Waals surface area contributed by atoms with E-state index < -0.39 is 0 Å². The number of para-hydroxylation sites is 1. The van der Waals surface area contributed by atoms with E-state index in [1.54, 1.807) is 0 Å². The smallest absolute Gasteiger partial charge is 0.0371 e. The zero-order valence-electron chi connectivity index (χ0n) is 8.80. The fraction of sp³-hybridized carbons (Fsp3) is 0.500. The average Bonchev–Trinajstić information content (AvgIpc) is 2.09. The summed E-state index contributed by atoms with van der Waals surface area (Å²) < 4.78 is 0. The van der Waals surface area contributed by atoms with Crippen LogP contribution >= 0.6 is 0 Å². The van der Waals surface area contributed by atoms with Crippen molar-refractivity contribution in [2.24, 2.45) is 0 Å². The lowest BCUT2D eigenvalue weighted by Gasteiger charge is -2.15. The lowest BCUT2D eigenvalue weighted by atomic mass is 10.1. The standard InChI is InChI=1S/C12H19N/c1-4-7-11(3)13-12-9-6-5-8-10(12)2/h5-6,8-9,11,13H,4,7H2,1-3H3. The van der Waals surface area contributed by atoms with Crippen LogP contribution in [0.2, 0.25) is 0 Å². The Hall–Kier alpha value is -0.980. The van der Waals surface area contributed by atoms with Gasteiger partial charge in [-0.1, -0.05) is 31.5 Å². The van der Waals surface area contributed by atoms with Gasteiger partial charge >= 0.3 is 0 Å². The van der Waals surface area contributed by atoms with Gasteiger partial charge in [-0.15, -0.1) is 0 Å². The number of anilines is 1. The summed E-state index contributed by atoms with van der Waals surface area (Å²) in [6.45, 7) is 6.59. The highest BCUT2D eigenvalue weighted by Gasteiger charge is 2.01. The molecule has 13 heavy (non-hydrogen) atoms. The minimum atomic E-state index is 0.575. The largest absolute Gasteiger partial charge is 0.382 e. The van der Waals surface area contributed by atoms with E-state index in [-0.39, 0.29) is 0 Å². The van der Waals surface area contributed by atoms with Crippen LogP contribution in [0.5, 0.6) is 0 Å². The van der Waals surface area contributed by atoms with Crippen molar-refractivity contribution in [2.45, 2.75) is 39.7 Å². The molecule has 0 fully saturated rings. The monoisotopic (exact) mass is 177 g/mol. The molecular formula is C12H19N. The van der Waals surface area contributed by atoms with E-state index in [0.717, 1.165) is 0 Å². The van der Waals surface area contributed by atoms with Gasteiger partial charge in [0.05, 0.1) is 0 Å². The molecule has 1 atom stereocenters. The van der Waals surface area contributed by atoms with Crippen LogP contribution in [0.3, 0.4) is 0 Å². The van der Waals surface area contributed by atoms with E-state index in [0.29, 0.717) is 6.04 Å². The second-order valence-corrected chi connectivity index (χ2v) is 3.65. The van der Waals surface area contributed by atoms with Crippen LogP contribution in [0.1, 0.15) is 32.3 Å². The summed E-state index contributed by atoms with van der Waals surface area (Å²) in [5.74, 6) is 0. The fourth-order valence-electron chi connectivity index (χ4n) is 1.51. The van der Waals surface area contributed by atoms with Crippen LogP contribution in [0, 0.1) is 6.92 Å². The summed E-state index contributed by atoms with van der Waals surface area (Å²) in [7, 11) is 0. The van der Waals surface area contributed by atoms with Crippen LogP contribution in [0.4, 0.5) is 5.69 Å². The van der Waals surface area contributed by atoms with Crippen LogP contribution in [-0.4, -0.2) is 6.04 Å². The molecule has 72 valence electrons. The third-order valence-electron chi connectivity index (χ3n) is 2.27. The van der Waals surface area contributed by atoms with Crippen molar-refractivity contribution in [3.8, 4) is 0 Å². The molecule has 0 radical (unpaired) electrons. The minimum Gasteiger partial charge on any atom is -0.382 e. The molecule has 1 nitrogen and oxygen atoms in total. The zero-order chi connectivity index (χ0) is 9.68. The number of hydrogen-bond acceptors (Lipinski definition) is 1. The van der Waals surface area contributed by atoms with Crippen molar-refractivity contribution in [2.75, 3.05) is 5.32 Å². The molecule has 0 bridgehead atoms. The van der Waals surface area contributed by atoms with Crippen molar-refractivity contribution in [1.29, 1.82) is 0 Å². The second kappa shape index (κ2) is 4.90. The van der Waals surface area contributed by atoms with Crippen molar-refractivity contribution >= 4 is 5.69 Å². The van der Waals surface area contributed by atoms with Crippen LogP contribution in [0.25, 0.3) is 0 Å². The molecular weight excluding hydrogens is 158 g/mol. The number of benzene rings is 1. The van der Waals surface area contributed by atoms with E-state index in [2.05, 4.69) is 50.4 Å². The first-order valence-corrected chi connectivity index (χ1v) is 5.06. The molecule has 1 rings (SSSR count). The van der Waals surface area contributed by atoms with Gasteiger partial charge in [0, 0.05) is 11.7 Å². The SMILES string of the molecule is CCCC(C)Nc1ccccc1C. The van der Waals surface area contributed by atoms with E-state index in [1.807, 2.05) is 0 Å². The molecule has 0 aromatic heterocycles. The fourth-order valence-corrected chi connectivity index (χ4v) is 1.51. The Balaban J connectivity index is 2.58. The van der Waals surface area contributed by atoms with E-state index >= 15 is 0 Å². The molecule has 1 aromatic carbocycles. The van der Waals surface area contributed by atoms with Gasteiger partial charge in [-0.3, -0.25) is 0 Å². The molecule has 0 aliphatic rings. The normalized spacial score (nSPS) is 12.5. The quantitative estimate of drug-likeness (QED) is 0.741. The van der Waals surface area contributed by atoms with Gasteiger partial charge in [0.1, 0.15) is 0 Å². The summed E-state index contributed by atoms with van der Waals surface area (Å²) in [4.78, 5) is 0. The van der Waals surface area contributed by atoms with Crippen molar-refractivity contribution < 1.29 is 0 Å². The Labute approximate surface area is 81.2 Å². The molecule has 0 saturated carbocycles. The van der Waals surface area contributed by atoms with Gasteiger partial charge in [-0.05, 0) is 31.9 Å². The molecule has 1 N–H and O–H groups in total. The first-order chi connectivity index (χ1) is 6.24. The first kappa shape index (κ1) is 10.1. The van der Waals surface area contributed by atoms with Crippen molar-refractivity contribution in [1.82, 2.24) is 0 Å². The number of nitrogens with one attached hydrogen (secondary N) is 1. The second-order valence-electron chi connectivity index (χ2n) is 3.65. The summed E-state index contributed by atoms with van der Waals surface area (Å²) in [6.07, 6.45) is 2.47. The molecule has 0 saturated heterocycles. The van der Waals surface area contributed by atoms with Gasteiger partial charge < -0.3 is 5.32 Å². The molecule has 0 amide bonds. The van der Waals surface area contributed by atoms with Crippen molar-refractivity contribution in [3.05, 3.63) is 29.8 Å². The maximum Gasteiger partial charge on any atom is 0.0371 e. The predicted molar refractivity (Wildman–Crippen MR) is 59.2 cm³/mol. The van der Waals surface area contributed by atoms with Crippen LogP contribution < -0.4 is 5.32 Å². The van der Waals surface area contributed by atoms with Gasteiger partial charge in [-0.2, -0.15) is 0 Å². The van der Waals surface area contributed by atoms with Crippen LogP contribution in [0.15, 0.2) is 24.3 Å². The maximum absolute atomic E-state index is 3.51. The first-order valence-electron chi connectivity index (χ1n) is 5.06. The molecule has 0 heterocycles. The molecule has 1 unspecified atom stereocenters. The molecule has 0 aliphatic heterocycles. The maximum atomic E-state index is 3.51. The summed E-state index contributed by atoms with van der Waals surface area (Å²) >= 11 is 0. The van der Waals surface area contributed by atoms with Gasteiger partial charge in [0.25, 0.3) is 0 Å². The van der Waals surface area contributed by atoms with Crippen molar-refractivity contribution in [3.63, 3.8) is 0 Å². The predicted octanol–water partition coefficient (Wildman–Crippen LogP) is 3.60. The van der Waals surface area contributed by atoms with Gasteiger partial charge in [0.2, 0.25) is 0 Å². The summed E-state index contributed by atoms with van der Waals surface area (Å²) in [5, 5.41) is 3.51. The van der Waals surface area contributed by atoms with E-state index in [1.165, 1.54) is 24.1 Å². The highest BCUT2D eigenvalue weighted by molar-refractivity contribution is 5.50. The third kappa shape index (κ3) is 3.10. The average molecular weight is 177 g/mol. The van der Waals surface area contributed by atoms with Gasteiger partial charge in [0.15, 0.2) is 0 Å². The number of aryl methyl sites for hydroxylation is 1. The lowest BCUT2D eigenvalue weighted by molar-refractivity contribution is 0.690. The zero-order valence-corrected chi connectivity index (χ0v) is 8.80. The Morgan fingerprint density at radius 3 is 2.62 bits per heavy atom. The Morgan fingerprint density at radius 2 is 2.00 bits per heavy atom. The highest BCUT2D eigenvalue weighted by atomic mass is 14.9. The van der Waals surface area contributed by atoms with Gasteiger partial charge in [-0.25, -0.2) is 0 Å². The summed E-state index contributed by atoms with van der Waals surface area (Å²) in [6, 6.07) is 9.01. The highest BCUT2D eigenvalue weighted by Crippen LogP contribution is 2.15. The Morgan fingerprint density at radius 1 is 1.31 bits per heavy atom. The number of rotatable bonds is 4. The Kier molecular flexibility index (Phi) is 3.81. The molecule has 0 spiro atoms. The Bertz CT molecular complexity index is 255. The van der Waals surface area contributed by atoms with E-state index in [9.17, 15) is 0 Å². The number of hydrogen-bond donors (Lipinski definition) is 1. The third-order valence-corrected chi connectivity index (χ3v) is 2.27. The van der Waals surface area contributed by atoms with Crippen LogP contribution in [-0.2, 0) is 0 Å². The molecule has 1 aromatic rings. The van der Waals surface area contributed by atoms with E-state index in [4.69, 9.17) is 0 Å². The minimum absolute atomic E-state index is 0.575. The lowest BCUT2D eigenvalue weighted by Crippen LogP contribution is -2.14. The molecule has 1 heteroatoms. The topological polar surface area (TPSA) is 12.0 Å². The molecule has 0 aliphatic carbocycles.